The SMILES string of the molecule is Cc1cc(-c2noc(CNc3ccc4c(c3)C(O)CC4(C)C)n2)ccc1F. The molecule has 2 aromatic carbocycles. The lowest BCUT2D eigenvalue weighted by Crippen LogP contribution is -2.12. The molecular formula is C21H22FN3O2. The Balaban J connectivity index is 1.48. The summed E-state index contributed by atoms with van der Waals surface area (Å²) in [6.45, 7) is 6.36. The van der Waals surface area contributed by atoms with Crippen LogP contribution in [0.25, 0.3) is 11.4 Å². The van der Waals surface area contributed by atoms with Gasteiger partial charge in [-0.25, -0.2) is 4.39 Å². The van der Waals surface area contributed by atoms with Crippen LogP contribution in [0.5, 0.6) is 0 Å². The first-order valence-electron chi connectivity index (χ1n) is 8.99. The van der Waals surface area contributed by atoms with Crippen LogP contribution in [0.2, 0.25) is 0 Å². The number of aliphatic hydroxyl groups is 1. The van der Waals surface area contributed by atoms with Crippen molar-refractivity contribution in [1.29, 1.82) is 0 Å². The third kappa shape index (κ3) is 3.32. The third-order valence-corrected chi connectivity index (χ3v) is 5.17. The second kappa shape index (κ2) is 6.46. The topological polar surface area (TPSA) is 71.2 Å². The zero-order valence-electron chi connectivity index (χ0n) is 15.6. The number of aliphatic hydroxyl groups excluding tert-OH is 1. The first-order chi connectivity index (χ1) is 12.8. The van der Waals surface area contributed by atoms with Crippen LogP contribution in [-0.4, -0.2) is 15.2 Å². The minimum Gasteiger partial charge on any atom is -0.388 e. The summed E-state index contributed by atoms with van der Waals surface area (Å²) in [5, 5.41) is 17.5. The predicted molar refractivity (Wildman–Crippen MR) is 101 cm³/mol. The number of hydrogen-bond acceptors (Lipinski definition) is 5. The zero-order chi connectivity index (χ0) is 19.2. The predicted octanol–water partition coefficient (Wildman–Crippen LogP) is 4.51. The van der Waals surface area contributed by atoms with Crippen LogP contribution in [0.15, 0.2) is 40.9 Å². The Hall–Kier alpha value is -2.73. The molecular weight excluding hydrogens is 345 g/mol. The van der Waals surface area contributed by atoms with Crippen molar-refractivity contribution in [3.8, 4) is 11.4 Å². The van der Waals surface area contributed by atoms with Crippen molar-refractivity contribution >= 4 is 5.69 Å². The first kappa shape index (κ1) is 17.7. The maximum Gasteiger partial charge on any atom is 0.246 e. The molecule has 0 fully saturated rings. The Morgan fingerprint density at radius 2 is 2.07 bits per heavy atom. The fourth-order valence-corrected chi connectivity index (χ4v) is 3.67. The van der Waals surface area contributed by atoms with Crippen molar-refractivity contribution in [2.75, 3.05) is 5.32 Å². The third-order valence-electron chi connectivity index (χ3n) is 5.17. The van der Waals surface area contributed by atoms with Crippen LogP contribution in [0.1, 0.15) is 49.0 Å². The molecule has 3 aromatic rings. The molecule has 1 aromatic heterocycles. The van der Waals surface area contributed by atoms with Crippen LogP contribution >= 0.6 is 0 Å². The molecule has 0 aliphatic heterocycles. The van der Waals surface area contributed by atoms with Gasteiger partial charge in [-0.3, -0.25) is 0 Å². The monoisotopic (exact) mass is 367 g/mol. The molecule has 1 atom stereocenters. The summed E-state index contributed by atoms with van der Waals surface area (Å²) in [5.74, 6) is 0.612. The van der Waals surface area contributed by atoms with E-state index in [4.69, 9.17) is 4.52 Å². The fraction of sp³-hybridized carbons (Fsp3) is 0.333. The molecule has 0 saturated carbocycles. The van der Waals surface area contributed by atoms with Crippen LogP contribution < -0.4 is 5.32 Å². The average molecular weight is 367 g/mol. The summed E-state index contributed by atoms with van der Waals surface area (Å²) in [6.07, 6.45) is 0.295. The number of nitrogens with zero attached hydrogens (tertiary/aromatic N) is 2. The smallest absolute Gasteiger partial charge is 0.246 e. The minimum atomic E-state index is -0.437. The molecule has 4 rings (SSSR count). The summed E-state index contributed by atoms with van der Waals surface area (Å²) in [5.41, 5.74) is 4.29. The van der Waals surface area contributed by atoms with Crippen molar-refractivity contribution in [3.05, 3.63) is 64.8 Å². The molecule has 1 unspecified atom stereocenters. The highest BCUT2D eigenvalue weighted by molar-refractivity contribution is 5.56. The quantitative estimate of drug-likeness (QED) is 0.710. The lowest BCUT2D eigenvalue weighted by Gasteiger charge is -2.18. The van der Waals surface area contributed by atoms with Gasteiger partial charge < -0.3 is 14.9 Å². The van der Waals surface area contributed by atoms with Crippen LogP contribution in [-0.2, 0) is 12.0 Å². The largest absolute Gasteiger partial charge is 0.388 e. The summed E-state index contributed by atoms with van der Waals surface area (Å²) in [4.78, 5) is 4.36. The number of aromatic nitrogens is 2. The van der Waals surface area contributed by atoms with E-state index in [0.29, 0.717) is 29.4 Å². The highest BCUT2D eigenvalue weighted by atomic mass is 19.1. The molecule has 0 saturated heterocycles. The highest BCUT2D eigenvalue weighted by Gasteiger charge is 2.35. The van der Waals surface area contributed by atoms with Gasteiger partial charge in [0, 0.05) is 11.3 Å². The van der Waals surface area contributed by atoms with E-state index in [1.54, 1.807) is 19.1 Å². The lowest BCUT2D eigenvalue weighted by atomic mass is 9.86. The standard InChI is InChI=1S/C21H22FN3O2/c1-12-8-13(4-7-17(12)22)20-24-19(27-25-20)11-23-14-5-6-16-15(9-14)18(26)10-21(16,2)3/h4-9,18,23,26H,10-11H2,1-3H3. The van der Waals surface area contributed by atoms with E-state index in [0.717, 1.165) is 17.7 Å². The molecule has 0 radical (unpaired) electrons. The Morgan fingerprint density at radius 3 is 2.85 bits per heavy atom. The first-order valence-corrected chi connectivity index (χ1v) is 8.99. The number of benzene rings is 2. The molecule has 5 nitrogen and oxygen atoms in total. The minimum absolute atomic E-state index is 0.0119. The van der Waals surface area contributed by atoms with Gasteiger partial charge in [0.05, 0.1) is 12.6 Å². The molecule has 1 aliphatic rings. The van der Waals surface area contributed by atoms with Gasteiger partial charge in [0.1, 0.15) is 5.82 Å². The average Bonchev–Trinajstić information content (AvgIpc) is 3.18. The van der Waals surface area contributed by atoms with Gasteiger partial charge in [0.15, 0.2) is 0 Å². The van der Waals surface area contributed by atoms with E-state index in [9.17, 15) is 9.50 Å². The maximum atomic E-state index is 13.4. The van der Waals surface area contributed by atoms with Crippen LogP contribution in [0.3, 0.4) is 0 Å². The Morgan fingerprint density at radius 1 is 1.26 bits per heavy atom. The van der Waals surface area contributed by atoms with Gasteiger partial charge in [-0.1, -0.05) is 25.1 Å². The van der Waals surface area contributed by atoms with Gasteiger partial charge in [0.25, 0.3) is 0 Å². The van der Waals surface area contributed by atoms with Crippen LogP contribution in [0, 0.1) is 12.7 Å². The van der Waals surface area contributed by atoms with Crippen molar-refractivity contribution in [3.63, 3.8) is 0 Å². The van der Waals surface area contributed by atoms with E-state index < -0.39 is 6.10 Å². The summed E-state index contributed by atoms with van der Waals surface area (Å²) in [6, 6.07) is 10.8. The van der Waals surface area contributed by atoms with Crippen molar-refractivity contribution < 1.29 is 14.0 Å². The highest BCUT2D eigenvalue weighted by Crippen LogP contribution is 2.45. The van der Waals surface area contributed by atoms with Gasteiger partial charge in [-0.15, -0.1) is 0 Å². The van der Waals surface area contributed by atoms with Gasteiger partial charge in [0.2, 0.25) is 11.7 Å². The molecule has 27 heavy (non-hydrogen) atoms. The molecule has 140 valence electrons. The summed E-state index contributed by atoms with van der Waals surface area (Å²) < 4.78 is 18.7. The van der Waals surface area contributed by atoms with E-state index in [2.05, 4.69) is 35.4 Å². The second-order valence-electron chi connectivity index (χ2n) is 7.74. The van der Waals surface area contributed by atoms with Crippen molar-refractivity contribution in [2.45, 2.75) is 45.3 Å². The number of nitrogens with one attached hydrogen (secondary N) is 1. The second-order valence-corrected chi connectivity index (χ2v) is 7.74. The Kier molecular flexibility index (Phi) is 4.23. The number of fused-ring (bicyclic) bond motifs is 1. The van der Waals surface area contributed by atoms with Gasteiger partial charge in [-0.2, -0.15) is 4.98 Å². The summed E-state index contributed by atoms with van der Waals surface area (Å²) in [7, 11) is 0. The van der Waals surface area contributed by atoms with Gasteiger partial charge in [-0.05, 0) is 65.8 Å². The normalized spacial score (nSPS) is 17.7. The number of rotatable bonds is 4. The molecule has 1 aliphatic carbocycles. The Labute approximate surface area is 157 Å². The molecule has 0 amide bonds. The number of halogens is 1. The van der Waals surface area contributed by atoms with Crippen LogP contribution in [0.4, 0.5) is 10.1 Å². The van der Waals surface area contributed by atoms with E-state index in [1.165, 1.54) is 11.6 Å². The van der Waals surface area contributed by atoms with E-state index in [-0.39, 0.29) is 11.2 Å². The lowest BCUT2D eigenvalue weighted by molar-refractivity contribution is 0.161. The van der Waals surface area contributed by atoms with Crippen molar-refractivity contribution in [1.82, 2.24) is 10.1 Å². The molecule has 0 bridgehead atoms. The number of anilines is 1. The number of hydrogen-bond donors (Lipinski definition) is 2. The van der Waals surface area contributed by atoms with Crippen molar-refractivity contribution in [2.24, 2.45) is 0 Å². The Bertz CT molecular complexity index is 997. The molecule has 6 heteroatoms. The fourth-order valence-electron chi connectivity index (χ4n) is 3.67. The number of aryl methyl sites for hydroxylation is 1. The molecule has 1 heterocycles. The molecule has 2 N–H and O–H groups in total. The maximum absolute atomic E-state index is 13.4. The van der Waals surface area contributed by atoms with E-state index in [1.807, 2.05) is 12.1 Å². The zero-order valence-corrected chi connectivity index (χ0v) is 15.6. The molecule has 0 spiro atoms. The van der Waals surface area contributed by atoms with E-state index >= 15 is 0 Å². The van der Waals surface area contributed by atoms with Gasteiger partial charge >= 0.3 is 0 Å². The summed E-state index contributed by atoms with van der Waals surface area (Å²) >= 11 is 0.